The highest BCUT2D eigenvalue weighted by Crippen LogP contribution is 2.28. The molecule has 0 radical (unpaired) electrons. The number of ether oxygens (including phenoxy) is 1. The molecule has 0 aliphatic carbocycles. The van der Waals surface area contributed by atoms with Crippen molar-refractivity contribution in [1.82, 2.24) is 4.98 Å². The topological polar surface area (TPSA) is 72.6 Å². The van der Waals surface area contributed by atoms with Crippen LogP contribution in [0.15, 0.2) is 46.9 Å². The third kappa shape index (κ3) is 2.46. The SMILES string of the molecule is O=C(O)c1ccc2nc(Oc3ccccc3I)oc2c1. The number of carboxylic acids is 1. The Hall–Kier alpha value is -2.09. The van der Waals surface area contributed by atoms with Crippen LogP contribution in [0.5, 0.6) is 11.8 Å². The molecule has 0 aliphatic rings. The number of fused-ring (bicyclic) bond motifs is 1. The first-order valence-electron chi connectivity index (χ1n) is 5.70. The van der Waals surface area contributed by atoms with Gasteiger partial charge in [-0.25, -0.2) is 4.79 Å². The zero-order chi connectivity index (χ0) is 14.1. The molecule has 0 amide bonds. The predicted molar refractivity (Wildman–Crippen MR) is 80.2 cm³/mol. The molecule has 1 heterocycles. The number of nitrogens with zero attached hydrogens (tertiary/aromatic N) is 1. The fourth-order valence-corrected chi connectivity index (χ4v) is 2.20. The van der Waals surface area contributed by atoms with Crippen LogP contribution in [0.2, 0.25) is 0 Å². The summed E-state index contributed by atoms with van der Waals surface area (Å²) in [6.07, 6.45) is 0.0895. The summed E-state index contributed by atoms with van der Waals surface area (Å²) in [4.78, 5) is 15.1. The van der Waals surface area contributed by atoms with E-state index in [0.29, 0.717) is 16.8 Å². The van der Waals surface area contributed by atoms with Crippen LogP contribution in [0.25, 0.3) is 11.1 Å². The van der Waals surface area contributed by atoms with Crippen LogP contribution < -0.4 is 4.74 Å². The van der Waals surface area contributed by atoms with Gasteiger partial charge in [-0.05, 0) is 52.9 Å². The minimum absolute atomic E-state index is 0.0895. The van der Waals surface area contributed by atoms with E-state index in [2.05, 4.69) is 27.6 Å². The second-order valence-corrected chi connectivity index (χ2v) is 5.16. The monoisotopic (exact) mass is 381 g/mol. The van der Waals surface area contributed by atoms with Crippen LogP contribution in [0, 0.1) is 3.57 Å². The normalized spacial score (nSPS) is 10.7. The van der Waals surface area contributed by atoms with Crippen LogP contribution in [0.3, 0.4) is 0 Å². The predicted octanol–water partition coefficient (Wildman–Crippen LogP) is 3.92. The van der Waals surface area contributed by atoms with Gasteiger partial charge in [0.25, 0.3) is 0 Å². The summed E-state index contributed by atoms with van der Waals surface area (Å²) in [7, 11) is 0. The molecule has 3 rings (SSSR count). The molecule has 1 aromatic heterocycles. The zero-order valence-corrected chi connectivity index (χ0v) is 12.2. The lowest BCUT2D eigenvalue weighted by Crippen LogP contribution is -1.94. The molecular weight excluding hydrogens is 373 g/mol. The lowest BCUT2D eigenvalue weighted by molar-refractivity contribution is 0.0697. The molecular formula is C14H8INO4. The van der Waals surface area contributed by atoms with Gasteiger partial charge in [-0.3, -0.25) is 0 Å². The highest BCUT2D eigenvalue weighted by Gasteiger charge is 2.12. The molecule has 100 valence electrons. The Kier molecular flexibility index (Phi) is 3.31. The first-order chi connectivity index (χ1) is 9.63. The molecule has 20 heavy (non-hydrogen) atoms. The third-order valence-corrected chi connectivity index (χ3v) is 3.54. The molecule has 0 unspecified atom stereocenters. The Balaban J connectivity index is 1.97. The molecule has 0 aliphatic heterocycles. The number of benzene rings is 2. The number of para-hydroxylation sites is 1. The number of aromatic nitrogens is 1. The van der Waals surface area contributed by atoms with Crippen LogP contribution in [-0.4, -0.2) is 16.1 Å². The van der Waals surface area contributed by atoms with Crippen LogP contribution in [-0.2, 0) is 0 Å². The first-order valence-corrected chi connectivity index (χ1v) is 6.77. The molecule has 1 N–H and O–H groups in total. The molecule has 0 spiro atoms. The molecule has 0 saturated heterocycles. The number of carboxylic acid groups (broad SMARTS) is 1. The average Bonchev–Trinajstić information content (AvgIpc) is 2.82. The summed E-state index contributed by atoms with van der Waals surface area (Å²) >= 11 is 2.15. The van der Waals surface area contributed by atoms with Gasteiger partial charge in [0.05, 0.1) is 9.13 Å². The maximum atomic E-state index is 10.9. The number of aromatic carboxylic acids is 1. The number of oxazole rings is 1. The van der Waals surface area contributed by atoms with E-state index in [4.69, 9.17) is 14.3 Å². The van der Waals surface area contributed by atoms with E-state index in [-0.39, 0.29) is 11.6 Å². The fourth-order valence-electron chi connectivity index (χ4n) is 1.70. The summed E-state index contributed by atoms with van der Waals surface area (Å²) in [5.41, 5.74) is 1.08. The van der Waals surface area contributed by atoms with Gasteiger partial charge in [-0.15, -0.1) is 0 Å². The second-order valence-electron chi connectivity index (χ2n) is 4.00. The van der Waals surface area contributed by atoms with Crippen molar-refractivity contribution in [2.45, 2.75) is 0 Å². The summed E-state index contributed by atoms with van der Waals surface area (Å²) in [5, 5.41) is 8.93. The lowest BCUT2D eigenvalue weighted by Gasteiger charge is -2.01. The van der Waals surface area contributed by atoms with E-state index in [9.17, 15) is 4.79 Å². The van der Waals surface area contributed by atoms with Crippen molar-refractivity contribution >= 4 is 39.7 Å². The molecule has 6 heteroatoms. The fraction of sp³-hybridized carbons (Fsp3) is 0. The molecule has 3 aromatic rings. The lowest BCUT2D eigenvalue weighted by atomic mass is 10.2. The maximum Gasteiger partial charge on any atom is 0.400 e. The Labute approximate surface area is 127 Å². The van der Waals surface area contributed by atoms with Gasteiger partial charge < -0.3 is 14.3 Å². The molecule has 0 bridgehead atoms. The van der Waals surface area contributed by atoms with Gasteiger partial charge in [0.1, 0.15) is 11.3 Å². The van der Waals surface area contributed by atoms with E-state index < -0.39 is 5.97 Å². The van der Waals surface area contributed by atoms with Crippen molar-refractivity contribution < 1.29 is 19.1 Å². The Morgan fingerprint density at radius 2 is 2.05 bits per heavy atom. The highest BCUT2D eigenvalue weighted by atomic mass is 127. The Bertz CT molecular complexity index is 797. The van der Waals surface area contributed by atoms with E-state index >= 15 is 0 Å². The number of rotatable bonds is 3. The second kappa shape index (κ2) is 5.12. The van der Waals surface area contributed by atoms with Crippen molar-refractivity contribution in [3.8, 4) is 11.8 Å². The van der Waals surface area contributed by atoms with Gasteiger partial charge in [0, 0.05) is 0 Å². The number of carbonyl (C=O) groups is 1. The molecule has 0 saturated carbocycles. The van der Waals surface area contributed by atoms with Crippen molar-refractivity contribution in [3.05, 3.63) is 51.6 Å². The largest absolute Gasteiger partial charge is 0.478 e. The van der Waals surface area contributed by atoms with E-state index in [1.54, 1.807) is 12.1 Å². The van der Waals surface area contributed by atoms with Gasteiger partial charge in [-0.2, -0.15) is 4.98 Å². The van der Waals surface area contributed by atoms with Crippen molar-refractivity contribution in [1.29, 1.82) is 0 Å². The van der Waals surface area contributed by atoms with Gasteiger partial charge in [0.2, 0.25) is 0 Å². The van der Waals surface area contributed by atoms with Crippen LogP contribution >= 0.6 is 22.6 Å². The third-order valence-electron chi connectivity index (χ3n) is 2.65. The number of hydrogen-bond acceptors (Lipinski definition) is 4. The van der Waals surface area contributed by atoms with Crippen molar-refractivity contribution in [2.24, 2.45) is 0 Å². The highest BCUT2D eigenvalue weighted by molar-refractivity contribution is 14.1. The Morgan fingerprint density at radius 3 is 2.80 bits per heavy atom. The van der Waals surface area contributed by atoms with E-state index in [0.717, 1.165) is 3.57 Å². The van der Waals surface area contributed by atoms with Crippen molar-refractivity contribution in [2.75, 3.05) is 0 Å². The van der Waals surface area contributed by atoms with Crippen LogP contribution in [0.4, 0.5) is 0 Å². The molecule has 5 nitrogen and oxygen atoms in total. The van der Waals surface area contributed by atoms with Gasteiger partial charge in [-0.1, -0.05) is 12.1 Å². The smallest absolute Gasteiger partial charge is 0.400 e. The average molecular weight is 381 g/mol. The summed E-state index contributed by atoms with van der Waals surface area (Å²) < 4.78 is 11.9. The standard InChI is InChI=1S/C14H8INO4/c15-9-3-1-2-4-11(9)19-14-16-10-6-5-8(13(17)18)7-12(10)20-14/h1-7H,(H,17,18). The summed E-state index contributed by atoms with van der Waals surface area (Å²) in [5.74, 6) is -0.374. The Morgan fingerprint density at radius 1 is 1.25 bits per heavy atom. The molecule has 2 aromatic carbocycles. The molecule has 0 fully saturated rings. The summed E-state index contributed by atoms with van der Waals surface area (Å²) in [6.45, 7) is 0. The van der Waals surface area contributed by atoms with E-state index in [1.165, 1.54) is 12.1 Å². The van der Waals surface area contributed by atoms with Crippen LogP contribution in [0.1, 0.15) is 10.4 Å². The number of hydrogen-bond donors (Lipinski definition) is 1. The maximum absolute atomic E-state index is 10.9. The zero-order valence-electron chi connectivity index (χ0n) is 10.0. The van der Waals surface area contributed by atoms with E-state index in [1.807, 2.05) is 18.2 Å². The molecule has 0 atom stereocenters. The quantitative estimate of drug-likeness (QED) is 0.697. The van der Waals surface area contributed by atoms with Gasteiger partial charge >= 0.3 is 12.0 Å². The minimum Gasteiger partial charge on any atom is -0.478 e. The first kappa shape index (κ1) is 12.9. The number of halogens is 1. The van der Waals surface area contributed by atoms with Crippen molar-refractivity contribution in [3.63, 3.8) is 0 Å². The van der Waals surface area contributed by atoms with Gasteiger partial charge in [0.15, 0.2) is 5.58 Å². The minimum atomic E-state index is -1.01. The summed E-state index contributed by atoms with van der Waals surface area (Å²) in [6, 6.07) is 11.9.